The Balaban J connectivity index is 1.25. The molecule has 2 atom stereocenters. The maximum atomic E-state index is 13.9. The first kappa shape index (κ1) is 27.7. The van der Waals surface area contributed by atoms with Gasteiger partial charge in [0, 0.05) is 49.9 Å². The van der Waals surface area contributed by atoms with Crippen LogP contribution in [-0.2, 0) is 9.57 Å². The molecule has 2 aliphatic rings. The maximum Gasteiger partial charge on any atom is 0.320 e. The quantitative estimate of drug-likeness (QED) is 0.272. The summed E-state index contributed by atoms with van der Waals surface area (Å²) in [6, 6.07) is 11.9. The van der Waals surface area contributed by atoms with Gasteiger partial charge in [-0.2, -0.15) is 14.6 Å². The number of methoxy groups -OCH3 is 1. The summed E-state index contributed by atoms with van der Waals surface area (Å²) < 4.78 is 26.5. The van der Waals surface area contributed by atoms with E-state index in [0.29, 0.717) is 48.3 Å². The minimum absolute atomic E-state index is 0.193. The Morgan fingerprint density at radius 1 is 1.14 bits per heavy atom. The Bertz CT molecular complexity index is 1530. The Hall–Kier alpha value is -4.46. The van der Waals surface area contributed by atoms with E-state index in [4.69, 9.17) is 19.4 Å². The molecular weight excluding hydrogens is 543 g/mol. The summed E-state index contributed by atoms with van der Waals surface area (Å²) >= 11 is 0. The molecule has 1 aliphatic carbocycles. The number of amides is 2. The van der Waals surface area contributed by atoms with Crippen LogP contribution < -0.4 is 15.4 Å². The zero-order valence-corrected chi connectivity index (χ0v) is 23.2. The molecule has 2 amide bonds. The average molecular weight is 575 g/mol. The van der Waals surface area contributed by atoms with Crippen LogP contribution in [0.4, 0.5) is 15.0 Å². The first-order valence-corrected chi connectivity index (χ1v) is 13.7. The fourth-order valence-electron chi connectivity index (χ4n) is 4.76. The lowest BCUT2D eigenvalue weighted by Gasteiger charge is -2.19. The number of anilines is 1. The van der Waals surface area contributed by atoms with Crippen molar-refractivity contribution in [3.63, 3.8) is 0 Å². The van der Waals surface area contributed by atoms with E-state index in [1.807, 2.05) is 37.3 Å². The maximum absolute atomic E-state index is 13.9. The molecule has 42 heavy (non-hydrogen) atoms. The number of rotatable bonds is 10. The van der Waals surface area contributed by atoms with Crippen LogP contribution in [0.1, 0.15) is 30.1 Å². The van der Waals surface area contributed by atoms with Crippen LogP contribution in [0.3, 0.4) is 0 Å². The molecule has 3 aromatic heterocycles. The van der Waals surface area contributed by atoms with Crippen molar-refractivity contribution in [2.75, 3.05) is 32.1 Å². The number of carbonyl (C=O) groups is 1. The number of pyridine rings is 1. The molecule has 0 bridgehead atoms. The summed E-state index contributed by atoms with van der Waals surface area (Å²) in [6.07, 6.45) is 6.32. The van der Waals surface area contributed by atoms with Crippen LogP contribution in [0.15, 0.2) is 61.1 Å². The van der Waals surface area contributed by atoms with Crippen molar-refractivity contribution >= 4 is 11.8 Å². The number of aromatic nitrogens is 5. The molecule has 1 aromatic carbocycles. The molecule has 1 aliphatic heterocycles. The first-order chi connectivity index (χ1) is 20.5. The Morgan fingerprint density at radius 3 is 2.64 bits per heavy atom. The number of hydrogen-bond acceptors (Lipinski definition) is 9. The molecule has 13 heteroatoms. The van der Waals surface area contributed by atoms with Crippen molar-refractivity contribution in [3.8, 4) is 23.0 Å². The fourth-order valence-corrected chi connectivity index (χ4v) is 4.76. The van der Waals surface area contributed by atoms with Crippen molar-refractivity contribution in [2.24, 2.45) is 0 Å². The lowest BCUT2D eigenvalue weighted by Crippen LogP contribution is -2.42. The highest BCUT2D eigenvalue weighted by Crippen LogP contribution is 2.32. The summed E-state index contributed by atoms with van der Waals surface area (Å²) in [5, 5.41) is 12.5. The summed E-state index contributed by atoms with van der Waals surface area (Å²) in [5.74, 6) is -0.144. The third-order valence-electron chi connectivity index (χ3n) is 7.02. The van der Waals surface area contributed by atoms with Gasteiger partial charge in [-0.05, 0) is 49.6 Å². The summed E-state index contributed by atoms with van der Waals surface area (Å²) in [6.45, 7) is 3.17. The van der Waals surface area contributed by atoms with Crippen LogP contribution in [0.2, 0.25) is 0 Å². The number of benzene rings is 1. The van der Waals surface area contributed by atoms with Crippen molar-refractivity contribution in [2.45, 2.75) is 38.0 Å². The van der Waals surface area contributed by atoms with E-state index < -0.39 is 24.1 Å². The molecule has 6 rings (SSSR count). The van der Waals surface area contributed by atoms with Crippen molar-refractivity contribution in [1.82, 2.24) is 35.1 Å². The van der Waals surface area contributed by atoms with Gasteiger partial charge < -0.3 is 14.8 Å². The number of ether oxygens (including phenoxy) is 2. The number of para-hydroxylation sites is 1. The Labute approximate surface area is 241 Å². The summed E-state index contributed by atoms with van der Waals surface area (Å²) in [4.78, 5) is 31.9. The molecule has 4 aromatic rings. The molecule has 12 nitrogen and oxygen atoms in total. The van der Waals surface area contributed by atoms with Crippen LogP contribution >= 0.6 is 0 Å². The van der Waals surface area contributed by atoms with Crippen molar-refractivity contribution in [1.29, 1.82) is 0 Å². The van der Waals surface area contributed by atoms with Gasteiger partial charge in [0.25, 0.3) is 0 Å². The smallest absolute Gasteiger partial charge is 0.320 e. The standard InChI is InChI=1S/C29H31FN8O4/c1-18-25(20-15-32-29(33-16-20)41-22-8-9-22)36-38(21-6-4-3-5-7-21)27(18)35-28(39)34-23-17-37(12-13-40-2)42-26(23)19-10-11-31-24(30)14-19/h3-7,10-11,14-16,22-23,26H,8-9,12-13,17H2,1-2H3,(H2,34,35,39)/t23-,26+/m1/s1. The summed E-state index contributed by atoms with van der Waals surface area (Å²) in [7, 11) is 1.60. The van der Waals surface area contributed by atoms with Gasteiger partial charge in [0.1, 0.15) is 23.7 Å². The number of urea groups is 1. The van der Waals surface area contributed by atoms with Crippen LogP contribution in [0, 0.1) is 12.9 Å². The predicted molar refractivity (Wildman–Crippen MR) is 150 cm³/mol. The molecule has 4 heterocycles. The molecule has 0 spiro atoms. The molecule has 2 fully saturated rings. The van der Waals surface area contributed by atoms with E-state index in [2.05, 4.69) is 25.6 Å². The van der Waals surface area contributed by atoms with E-state index in [0.717, 1.165) is 24.1 Å². The zero-order chi connectivity index (χ0) is 29.1. The van der Waals surface area contributed by atoms with Gasteiger partial charge in [-0.3, -0.25) is 10.2 Å². The Morgan fingerprint density at radius 2 is 1.93 bits per heavy atom. The van der Waals surface area contributed by atoms with Gasteiger partial charge in [0.15, 0.2) is 0 Å². The average Bonchev–Trinajstić information content (AvgIpc) is 3.64. The third-order valence-corrected chi connectivity index (χ3v) is 7.02. The lowest BCUT2D eigenvalue weighted by molar-refractivity contribution is -0.154. The summed E-state index contributed by atoms with van der Waals surface area (Å²) in [5.41, 5.74) is 3.36. The number of halogens is 1. The normalized spacial score (nSPS) is 18.6. The topological polar surface area (TPSA) is 129 Å². The SMILES string of the molecule is COCCN1C[C@@H](NC(=O)Nc2c(C)c(-c3cnc(OC4CC4)nc3)nn2-c2ccccc2)[C@H](c2ccnc(F)c2)O1. The number of carbonyl (C=O) groups excluding carboxylic acids is 1. The van der Waals surface area contributed by atoms with Gasteiger partial charge in [-0.25, -0.2) is 24.4 Å². The van der Waals surface area contributed by atoms with Gasteiger partial charge in [0.2, 0.25) is 5.95 Å². The van der Waals surface area contributed by atoms with Crippen molar-refractivity contribution < 1.29 is 23.5 Å². The van der Waals surface area contributed by atoms with Crippen LogP contribution in [-0.4, -0.2) is 74.8 Å². The zero-order valence-electron chi connectivity index (χ0n) is 23.2. The van der Waals surface area contributed by atoms with Crippen molar-refractivity contribution in [3.05, 3.63) is 78.1 Å². The van der Waals surface area contributed by atoms with Gasteiger partial charge >= 0.3 is 12.0 Å². The molecule has 218 valence electrons. The number of hydrogen-bond donors (Lipinski definition) is 2. The number of hydroxylamine groups is 2. The molecule has 0 radical (unpaired) electrons. The van der Waals surface area contributed by atoms with Gasteiger partial charge in [-0.1, -0.05) is 18.2 Å². The predicted octanol–water partition coefficient (Wildman–Crippen LogP) is 3.84. The number of nitrogens with one attached hydrogen (secondary N) is 2. The molecular formula is C29H31FN8O4. The van der Waals surface area contributed by atoms with E-state index in [1.54, 1.807) is 35.3 Å². The minimum atomic E-state index is -0.624. The Kier molecular flexibility index (Phi) is 8.04. The van der Waals surface area contributed by atoms with E-state index >= 15 is 0 Å². The van der Waals surface area contributed by atoms with Crippen LogP contribution in [0.5, 0.6) is 6.01 Å². The molecule has 1 saturated heterocycles. The first-order valence-electron chi connectivity index (χ1n) is 13.7. The van der Waals surface area contributed by atoms with Gasteiger partial charge in [0.05, 0.1) is 18.3 Å². The molecule has 1 saturated carbocycles. The highest BCUT2D eigenvalue weighted by molar-refractivity contribution is 5.91. The fraction of sp³-hybridized carbons (Fsp3) is 0.345. The molecule has 2 N–H and O–H groups in total. The highest BCUT2D eigenvalue weighted by atomic mass is 19.1. The third kappa shape index (κ3) is 6.22. The lowest BCUT2D eigenvalue weighted by atomic mass is 10.0. The second kappa shape index (κ2) is 12.2. The second-order valence-electron chi connectivity index (χ2n) is 10.2. The molecule has 0 unspecified atom stereocenters. The minimum Gasteiger partial charge on any atom is -0.460 e. The second-order valence-corrected chi connectivity index (χ2v) is 10.2. The van der Waals surface area contributed by atoms with E-state index in [9.17, 15) is 9.18 Å². The van der Waals surface area contributed by atoms with E-state index in [-0.39, 0.29) is 6.10 Å². The largest absolute Gasteiger partial charge is 0.460 e. The van der Waals surface area contributed by atoms with Crippen LogP contribution in [0.25, 0.3) is 16.9 Å². The van der Waals surface area contributed by atoms with Gasteiger partial charge in [-0.15, -0.1) is 0 Å². The highest BCUT2D eigenvalue weighted by Gasteiger charge is 2.37. The monoisotopic (exact) mass is 574 g/mol. The van der Waals surface area contributed by atoms with E-state index in [1.165, 1.54) is 12.3 Å². The number of nitrogens with zero attached hydrogens (tertiary/aromatic N) is 6.